The summed E-state index contributed by atoms with van der Waals surface area (Å²) in [6, 6.07) is 8.57. The zero-order chi connectivity index (χ0) is 14.5. The lowest BCUT2D eigenvalue weighted by atomic mass is 10.0. The van der Waals surface area contributed by atoms with Gasteiger partial charge in [-0.3, -0.25) is 4.90 Å². The summed E-state index contributed by atoms with van der Waals surface area (Å²) in [6.07, 6.45) is 1.39. The van der Waals surface area contributed by atoms with Crippen LogP contribution in [0, 0.1) is 0 Å². The summed E-state index contributed by atoms with van der Waals surface area (Å²) < 4.78 is 11.1. The van der Waals surface area contributed by atoms with Crippen molar-refractivity contribution in [2.45, 2.75) is 38.5 Å². The maximum atomic E-state index is 6.31. The molecule has 1 aromatic rings. The molecule has 0 bridgehead atoms. The summed E-state index contributed by atoms with van der Waals surface area (Å²) in [5, 5.41) is 0. The van der Waals surface area contributed by atoms with Gasteiger partial charge in [0.1, 0.15) is 5.75 Å². The lowest BCUT2D eigenvalue weighted by molar-refractivity contribution is 0.0818. The summed E-state index contributed by atoms with van der Waals surface area (Å²) in [7, 11) is 2.13. The predicted molar refractivity (Wildman–Crippen MR) is 81.0 cm³/mol. The van der Waals surface area contributed by atoms with Gasteiger partial charge in [-0.1, -0.05) is 12.1 Å². The molecule has 4 heteroatoms. The Kier molecular flexibility index (Phi) is 5.40. The molecule has 3 atom stereocenters. The van der Waals surface area contributed by atoms with Gasteiger partial charge in [-0.15, -0.1) is 0 Å². The van der Waals surface area contributed by atoms with Crippen LogP contribution in [0.15, 0.2) is 24.3 Å². The molecule has 1 heterocycles. The second kappa shape index (κ2) is 7.07. The molecule has 0 spiro atoms. The molecule has 0 saturated carbocycles. The van der Waals surface area contributed by atoms with E-state index in [9.17, 15) is 0 Å². The van der Waals surface area contributed by atoms with Crippen molar-refractivity contribution in [1.29, 1.82) is 0 Å². The van der Waals surface area contributed by atoms with Crippen molar-refractivity contribution in [3.05, 3.63) is 29.8 Å². The molecule has 2 N–H and O–H groups in total. The molecule has 0 aromatic heterocycles. The minimum atomic E-state index is 0.0171. The molecule has 2 rings (SSSR count). The van der Waals surface area contributed by atoms with Crippen LogP contribution in [0.4, 0.5) is 0 Å². The van der Waals surface area contributed by atoms with Crippen LogP contribution in [0.1, 0.15) is 31.9 Å². The van der Waals surface area contributed by atoms with Crippen molar-refractivity contribution < 1.29 is 9.47 Å². The zero-order valence-electron chi connectivity index (χ0n) is 12.7. The Bertz CT molecular complexity index is 407. The van der Waals surface area contributed by atoms with Crippen molar-refractivity contribution in [3.8, 4) is 5.75 Å². The van der Waals surface area contributed by atoms with Crippen LogP contribution in [-0.4, -0.2) is 43.9 Å². The van der Waals surface area contributed by atoms with Gasteiger partial charge >= 0.3 is 0 Å². The normalized spacial score (nSPS) is 24.1. The quantitative estimate of drug-likeness (QED) is 0.866. The van der Waals surface area contributed by atoms with Crippen LogP contribution in [0.2, 0.25) is 0 Å². The molecular weight excluding hydrogens is 252 g/mol. The summed E-state index contributed by atoms with van der Waals surface area (Å²) >= 11 is 0. The standard InChI is InChI=1S/C16H26N2O2/c1-4-19-14-7-5-13(6-8-14)15(17)11-18(3)16-9-10-20-12(16)2/h5-8,12,15-16H,4,9-11,17H2,1-3H3. The number of benzene rings is 1. The monoisotopic (exact) mass is 278 g/mol. The van der Waals surface area contributed by atoms with Crippen LogP contribution >= 0.6 is 0 Å². The van der Waals surface area contributed by atoms with E-state index in [1.807, 2.05) is 19.1 Å². The SMILES string of the molecule is CCOc1ccc(C(N)CN(C)C2CCOC2C)cc1. The summed E-state index contributed by atoms with van der Waals surface area (Å²) in [5.74, 6) is 0.898. The number of likely N-dealkylation sites (N-methyl/N-ethyl adjacent to an activating group) is 1. The molecule has 1 aliphatic heterocycles. The third-order valence-electron chi connectivity index (χ3n) is 4.01. The molecule has 3 unspecified atom stereocenters. The summed E-state index contributed by atoms with van der Waals surface area (Å²) in [6.45, 7) is 6.50. The highest BCUT2D eigenvalue weighted by Crippen LogP contribution is 2.22. The Morgan fingerprint density at radius 2 is 2.10 bits per heavy atom. The molecule has 1 aliphatic rings. The van der Waals surface area contributed by atoms with E-state index in [4.69, 9.17) is 15.2 Å². The van der Waals surface area contributed by atoms with Gasteiger partial charge in [0, 0.05) is 25.2 Å². The van der Waals surface area contributed by atoms with Crippen LogP contribution in [0.5, 0.6) is 5.75 Å². The van der Waals surface area contributed by atoms with Crippen LogP contribution in [0.3, 0.4) is 0 Å². The van der Waals surface area contributed by atoms with Crippen LogP contribution < -0.4 is 10.5 Å². The van der Waals surface area contributed by atoms with E-state index >= 15 is 0 Å². The number of hydrogen-bond donors (Lipinski definition) is 1. The first-order chi connectivity index (χ1) is 9.61. The Morgan fingerprint density at radius 3 is 2.65 bits per heavy atom. The van der Waals surface area contributed by atoms with Gasteiger partial charge < -0.3 is 15.2 Å². The second-order valence-electron chi connectivity index (χ2n) is 5.48. The topological polar surface area (TPSA) is 47.7 Å². The molecule has 1 aromatic carbocycles. The molecule has 0 aliphatic carbocycles. The first-order valence-electron chi connectivity index (χ1n) is 7.42. The van der Waals surface area contributed by atoms with Gasteiger partial charge in [-0.05, 0) is 45.0 Å². The van der Waals surface area contributed by atoms with Gasteiger partial charge in [0.05, 0.1) is 12.7 Å². The van der Waals surface area contributed by atoms with E-state index in [0.29, 0.717) is 18.8 Å². The lowest BCUT2D eigenvalue weighted by Crippen LogP contribution is -2.40. The minimum absolute atomic E-state index is 0.0171. The molecule has 1 saturated heterocycles. The van der Waals surface area contributed by atoms with E-state index in [1.54, 1.807) is 0 Å². The highest BCUT2D eigenvalue weighted by molar-refractivity contribution is 5.29. The third kappa shape index (κ3) is 3.72. The van der Waals surface area contributed by atoms with Crippen LogP contribution in [-0.2, 0) is 4.74 Å². The van der Waals surface area contributed by atoms with Crippen molar-refractivity contribution in [3.63, 3.8) is 0 Å². The summed E-state index contributed by atoms with van der Waals surface area (Å²) in [5.41, 5.74) is 7.45. The number of ether oxygens (including phenoxy) is 2. The van der Waals surface area contributed by atoms with Crippen molar-refractivity contribution in [2.24, 2.45) is 5.73 Å². The van der Waals surface area contributed by atoms with Gasteiger partial charge in [0.25, 0.3) is 0 Å². The molecule has 20 heavy (non-hydrogen) atoms. The first-order valence-corrected chi connectivity index (χ1v) is 7.42. The van der Waals surface area contributed by atoms with Gasteiger partial charge in [-0.25, -0.2) is 0 Å². The molecule has 0 radical (unpaired) electrons. The Labute approximate surface area is 121 Å². The van der Waals surface area contributed by atoms with E-state index < -0.39 is 0 Å². The fourth-order valence-electron chi connectivity index (χ4n) is 2.83. The zero-order valence-corrected chi connectivity index (χ0v) is 12.7. The maximum Gasteiger partial charge on any atom is 0.119 e. The number of hydrogen-bond acceptors (Lipinski definition) is 4. The number of nitrogens with zero attached hydrogens (tertiary/aromatic N) is 1. The lowest BCUT2D eigenvalue weighted by Gasteiger charge is -2.29. The van der Waals surface area contributed by atoms with E-state index in [0.717, 1.165) is 30.9 Å². The minimum Gasteiger partial charge on any atom is -0.494 e. The smallest absolute Gasteiger partial charge is 0.119 e. The highest BCUT2D eigenvalue weighted by Gasteiger charge is 2.28. The Morgan fingerprint density at radius 1 is 1.40 bits per heavy atom. The average molecular weight is 278 g/mol. The fraction of sp³-hybridized carbons (Fsp3) is 0.625. The van der Waals surface area contributed by atoms with Gasteiger partial charge in [-0.2, -0.15) is 0 Å². The molecule has 112 valence electrons. The average Bonchev–Trinajstić information content (AvgIpc) is 2.86. The molecule has 4 nitrogen and oxygen atoms in total. The van der Waals surface area contributed by atoms with Gasteiger partial charge in [0.15, 0.2) is 0 Å². The molecule has 1 fully saturated rings. The van der Waals surface area contributed by atoms with Crippen molar-refractivity contribution in [1.82, 2.24) is 4.90 Å². The fourth-order valence-corrected chi connectivity index (χ4v) is 2.83. The third-order valence-corrected chi connectivity index (χ3v) is 4.01. The number of nitrogens with two attached hydrogens (primary N) is 1. The van der Waals surface area contributed by atoms with Crippen molar-refractivity contribution in [2.75, 3.05) is 26.8 Å². The predicted octanol–water partition coefficient (Wildman–Crippen LogP) is 2.19. The Hall–Kier alpha value is -1.10. The van der Waals surface area contributed by atoms with Gasteiger partial charge in [0.2, 0.25) is 0 Å². The van der Waals surface area contributed by atoms with Crippen LogP contribution in [0.25, 0.3) is 0 Å². The first kappa shape index (κ1) is 15.3. The number of rotatable bonds is 6. The summed E-state index contributed by atoms with van der Waals surface area (Å²) in [4.78, 5) is 2.32. The maximum absolute atomic E-state index is 6.31. The van der Waals surface area contributed by atoms with E-state index in [1.165, 1.54) is 0 Å². The largest absolute Gasteiger partial charge is 0.494 e. The highest BCUT2D eigenvalue weighted by atomic mass is 16.5. The molecule has 0 amide bonds. The van der Waals surface area contributed by atoms with E-state index in [-0.39, 0.29) is 6.04 Å². The van der Waals surface area contributed by atoms with E-state index in [2.05, 4.69) is 31.0 Å². The van der Waals surface area contributed by atoms with Crippen molar-refractivity contribution >= 4 is 0 Å². The Balaban J connectivity index is 1.91. The second-order valence-corrected chi connectivity index (χ2v) is 5.48. The molecular formula is C16H26N2O2.